The third kappa shape index (κ3) is 4.53. The first-order chi connectivity index (χ1) is 9.49. The number of azo groups is 1. The van der Waals surface area contributed by atoms with Crippen molar-refractivity contribution in [2.24, 2.45) is 10.2 Å². The van der Waals surface area contributed by atoms with Crippen molar-refractivity contribution in [3.8, 4) is 0 Å². The van der Waals surface area contributed by atoms with Crippen LogP contribution < -0.4 is 0 Å². The summed E-state index contributed by atoms with van der Waals surface area (Å²) < 4.78 is 23.4. The zero-order valence-corrected chi connectivity index (χ0v) is 12.9. The summed E-state index contributed by atoms with van der Waals surface area (Å²) in [4.78, 5) is 11.4. The molecule has 0 saturated carbocycles. The number of hydrogen-bond acceptors (Lipinski definition) is 6. The van der Waals surface area contributed by atoms with Crippen LogP contribution in [0.1, 0.15) is 0 Å². The molecule has 0 aliphatic carbocycles. The van der Waals surface area contributed by atoms with Crippen molar-refractivity contribution < 1.29 is 23.8 Å². The van der Waals surface area contributed by atoms with E-state index in [1.54, 1.807) is 6.07 Å². The fraction of sp³-hybridized carbons (Fsp3) is 0.250. The molecular formula is C12H12FIN2O4. The van der Waals surface area contributed by atoms with Crippen LogP contribution in [-0.4, -0.2) is 31.9 Å². The van der Waals surface area contributed by atoms with Gasteiger partial charge >= 0.3 is 5.97 Å². The van der Waals surface area contributed by atoms with Crippen molar-refractivity contribution in [3.05, 3.63) is 39.0 Å². The largest absolute Gasteiger partial charge is 0.507 e. The number of aliphatic hydroxyl groups is 1. The standard InChI is InChI=1S/C12H12FIN2O4/c1-19-6-10(17)11(12(18)20-2)16-15-9-4-3-7(14)5-8(9)13/h3-5,17H,6H2,1-2H3/b11-10+,16-15?. The highest BCUT2D eigenvalue weighted by Crippen LogP contribution is 2.21. The first-order valence-electron chi connectivity index (χ1n) is 5.35. The lowest BCUT2D eigenvalue weighted by Crippen LogP contribution is -2.08. The van der Waals surface area contributed by atoms with Gasteiger partial charge in [-0.2, -0.15) is 0 Å². The average molecular weight is 394 g/mol. The lowest BCUT2D eigenvalue weighted by atomic mass is 10.3. The van der Waals surface area contributed by atoms with Crippen molar-refractivity contribution in [2.75, 3.05) is 20.8 Å². The van der Waals surface area contributed by atoms with E-state index in [0.717, 1.165) is 7.11 Å². The summed E-state index contributed by atoms with van der Waals surface area (Å²) in [5.41, 5.74) is -0.496. The van der Waals surface area contributed by atoms with Crippen LogP contribution in [0.15, 0.2) is 39.9 Å². The van der Waals surface area contributed by atoms with Crippen LogP contribution in [0.4, 0.5) is 10.1 Å². The minimum Gasteiger partial charge on any atom is -0.507 e. The molecule has 0 heterocycles. The molecule has 0 unspecified atom stereocenters. The maximum Gasteiger partial charge on any atom is 0.362 e. The molecule has 8 heteroatoms. The topological polar surface area (TPSA) is 80.5 Å². The Morgan fingerprint density at radius 1 is 1.45 bits per heavy atom. The van der Waals surface area contributed by atoms with Crippen molar-refractivity contribution >= 4 is 34.2 Å². The maximum atomic E-state index is 13.6. The number of ether oxygens (including phenoxy) is 2. The molecule has 0 aromatic heterocycles. The summed E-state index contributed by atoms with van der Waals surface area (Å²) in [6.07, 6.45) is 0. The van der Waals surface area contributed by atoms with E-state index in [0.29, 0.717) is 3.57 Å². The van der Waals surface area contributed by atoms with Crippen LogP contribution in [0.25, 0.3) is 0 Å². The van der Waals surface area contributed by atoms with E-state index in [1.165, 1.54) is 19.2 Å². The highest BCUT2D eigenvalue weighted by atomic mass is 127. The van der Waals surface area contributed by atoms with Crippen molar-refractivity contribution in [1.82, 2.24) is 0 Å². The zero-order chi connectivity index (χ0) is 15.1. The third-order valence-corrected chi connectivity index (χ3v) is 2.77. The average Bonchev–Trinajstić information content (AvgIpc) is 2.41. The predicted molar refractivity (Wildman–Crippen MR) is 77.2 cm³/mol. The molecule has 0 atom stereocenters. The van der Waals surface area contributed by atoms with E-state index in [9.17, 15) is 14.3 Å². The Morgan fingerprint density at radius 2 is 2.15 bits per heavy atom. The monoisotopic (exact) mass is 394 g/mol. The Morgan fingerprint density at radius 3 is 2.70 bits per heavy atom. The van der Waals surface area contributed by atoms with Gasteiger partial charge < -0.3 is 14.6 Å². The smallest absolute Gasteiger partial charge is 0.362 e. The second kappa shape index (κ2) is 7.90. The first kappa shape index (κ1) is 16.5. The second-order valence-electron chi connectivity index (χ2n) is 3.52. The van der Waals surface area contributed by atoms with Gasteiger partial charge in [0.15, 0.2) is 11.6 Å². The molecule has 0 aliphatic heterocycles. The summed E-state index contributed by atoms with van der Waals surface area (Å²) in [7, 11) is 2.46. The number of methoxy groups -OCH3 is 2. The highest BCUT2D eigenvalue weighted by Gasteiger charge is 2.16. The lowest BCUT2D eigenvalue weighted by molar-refractivity contribution is -0.136. The highest BCUT2D eigenvalue weighted by molar-refractivity contribution is 14.1. The van der Waals surface area contributed by atoms with E-state index in [2.05, 4.69) is 19.7 Å². The number of hydrogen-bond donors (Lipinski definition) is 1. The Labute approximate surface area is 128 Å². The van der Waals surface area contributed by atoms with Crippen LogP contribution in [0.5, 0.6) is 0 Å². The van der Waals surface area contributed by atoms with E-state index in [-0.39, 0.29) is 12.3 Å². The molecule has 0 aliphatic rings. The maximum absolute atomic E-state index is 13.6. The molecule has 0 saturated heterocycles. The Kier molecular flexibility index (Phi) is 6.52. The van der Waals surface area contributed by atoms with Crippen LogP contribution in [0.3, 0.4) is 0 Å². The Hall–Kier alpha value is -1.55. The first-order valence-corrected chi connectivity index (χ1v) is 6.43. The van der Waals surface area contributed by atoms with E-state index in [1.807, 2.05) is 22.6 Å². The van der Waals surface area contributed by atoms with Gasteiger partial charge in [0.2, 0.25) is 5.70 Å². The van der Waals surface area contributed by atoms with E-state index >= 15 is 0 Å². The molecule has 0 bridgehead atoms. The molecule has 1 N–H and O–H groups in total. The number of esters is 1. The van der Waals surface area contributed by atoms with Crippen molar-refractivity contribution in [2.45, 2.75) is 0 Å². The molecule has 1 aromatic rings. The summed E-state index contributed by atoms with van der Waals surface area (Å²) in [5, 5.41) is 16.7. The SMILES string of the molecule is COC/C(O)=C(\N=Nc1ccc(I)cc1F)C(=O)OC. The number of carbonyl (C=O) groups is 1. The molecule has 1 rings (SSSR count). The Bertz CT molecular complexity index is 560. The minimum absolute atomic E-state index is 0.0583. The number of halogens is 2. The quantitative estimate of drug-likeness (QED) is 0.274. The molecule has 108 valence electrons. The van der Waals surface area contributed by atoms with Crippen LogP contribution in [0, 0.1) is 9.39 Å². The molecular weight excluding hydrogens is 382 g/mol. The fourth-order valence-electron chi connectivity index (χ4n) is 1.18. The van der Waals surface area contributed by atoms with Gasteiger partial charge in [-0.25, -0.2) is 9.18 Å². The minimum atomic E-state index is -0.894. The van der Waals surface area contributed by atoms with Gasteiger partial charge in [-0.3, -0.25) is 0 Å². The van der Waals surface area contributed by atoms with Gasteiger partial charge in [-0.05, 0) is 40.8 Å². The fourth-order valence-corrected chi connectivity index (χ4v) is 1.64. The number of aliphatic hydroxyl groups excluding tert-OH is 1. The zero-order valence-electron chi connectivity index (χ0n) is 10.8. The molecule has 0 spiro atoms. The molecule has 0 fully saturated rings. The van der Waals surface area contributed by atoms with Gasteiger partial charge in [0.05, 0.1) is 7.11 Å². The number of carbonyl (C=O) groups excluding carboxylic acids is 1. The summed E-state index contributed by atoms with van der Waals surface area (Å²) in [5.74, 6) is -1.93. The van der Waals surface area contributed by atoms with Gasteiger partial charge in [-0.1, -0.05) is 0 Å². The summed E-state index contributed by atoms with van der Waals surface area (Å²) in [6, 6.07) is 4.31. The lowest BCUT2D eigenvalue weighted by Gasteiger charge is -2.03. The molecule has 0 amide bonds. The van der Waals surface area contributed by atoms with Crippen LogP contribution in [0.2, 0.25) is 0 Å². The van der Waals surface area contributed by atoms with E-state index in [4.69, 9.17) is 0 Å². The van der Waals surface area contributed by atoms with Crippen molar-refractivity contribution in [3.63, 3.8) is 0 Å². The summed E-state index contributed by atoms with van der Waals surface area (Å²) in [6.45, 7) is -0.237. The van der Waals surface area contributed by atoms with Gasteiger partial charge in [0.1, 0.15) is 12.3 Å². The predicted octanol–water partition coefficient (Wildman–Crippen LogP) is 3.10. The molecule has 20 heavy (non-hydrogen) atoms. The number of rotatable bonds is 5. The number of nitrogens with zero attached hydrogens (tertiary/aromatic N) is 2. The second-order valence-corrected chi connectivity index (χ2v) is 4.76. The van der Waals surface area contributed by atoms with Gasteiger partial charge in [-0.15, -0.1) is 10.2 Å². The molecule has 6 nitrogen and oxygen atoms in total. The third-order valence-electron chi connectivity index (χ3n) is 2.10. The Balaban J connectivity index is 3.09. The van der Waals surface area contributed by atoms with Gasteiger partial charge in [0.25, 0.3) is 0 Å². The van der Waals surface area contributed by atoms with Crippen LogP contribution in [-0.2, 0) is 14.3 Å². The molecule has 1 aromatic carbocycles. The van der Waals surface area contributed by atoms with E-state index < -0.39 is 23.2 Å². The molecule has 0 radical (unpaired) electrons. The number of benzene rings is 1. The summed E-state index contributed by atoms with van der Waals surface area (Å²) >= 11 is 1.95. The van der Waals surface area contributed by atoms with Gasteiger partial charge in [0, 0.05) is 10.7 Å². The van der Waals surface area contributed by atoms with Crippen molar-refractivity contribution in [1.29, 1.82) is 0 Å². The van der Waals surface area contributed by atoms with Crippen LogP contribution >= 0.6 is 22.6 Å². The normalized spacial score (nSPS) is 12.4.